The van der Waals surface area contributed by atoms with E-state index in [0.29, 0.717) is 46.6 Å². The number of carboxylic acids is 1. The molecule has 7 heteroatoms. The molecule has 1 aliphatic rings. The van der Waals surface area contributed by atoms with Gasteiger partial charge in [0.05, 0.1) is 17.1 Å². The highest BCUT2D eigenvalue weighted by molar-refractivity contribution is 6.00. The lowest BCUT2D eigenvalue weighted by atomic mass is 9.84. The van der Waals surface area contributed by atoms with Crippen molar-refractivity contribution in [3.05, 3.63) is 58.9 Å². The molecule has 0 radical (unpaired) electrons. The molecule has 2 aromatic heterocycles. The molecule has 0 amide bonds. The number of nitrogens with one attached hydrogen (secondary N) is 1. The number of aromatic amines is 1. The number of hydrogen-bond donors (Lipinski definition) is 2. The van der Waals surface area contributed by atoms with E-state index in [1.54, 1.807) is 32.2 Å². The van der Waals surface area contributed by atoms with E-state index >= 15 is 4.39 Å². The Morgan fingerprint density at radius 2 is 2.06 bits per heavy atom. The van der Waals surface area contributed by atoms with Gasteiger partial charge < -0.3 is 9.67 Å². The van der Waals surface area contributed by atoms with Crippen LogP contribution < -0.4 is 0 Å². The summed E-state index contributed by atoms with van der Waals surface area (Å²) < 4.78 is 32.1. The van der Waals surface area contributed by atoms with E-state index in [1.807, 2.05) is 10.6 Å². The van der Waals surface area contributed by atoms with E-state index < -0.39 is 11.4 Å². The Labute approximate surface area is 190 Å². The minimum atomic E-state index is -0.839. The summed E-state index contributed by atoms with van der Waals surface area (Å²) in [6.45, 7) is 7.60. The maximum atomic E-state index is 16.0. The highest BCUT2D eigenvalue weighted by atomic mass is 19.1. The van der Waals surface area contributed by atoms with Crippen LogP contribution in [0.5, 0.6) is 0 Å². The molecule has 0 spiro atoms. The monoisotopic (exact) mass is 451 g/mol. The lowest BCUT2D eigenvalue weighted by Gasteiger charge is -2.21. The number of fused-ring (bicyclic) bond motifs is 2. The normalized spacial score (nSPS) is 21.0. The van der Waals surface area contributed by atoms with Crippen LogP contribution >= 0.6 is 0 Å². The lowest BCUT2D eigenvalue weighted by Crippen LogP contribution is -2.23. The fourth-order valence-corrected chi connectivity index (χ4v) is 5.56. The van der Waals surface area contributed by atoms with Gasteiger partial charge in [-0.15, -0.1) is 0 Å². The van der Waals surface area contributed by atoms with Gasteiger partial charge >= 0.3 is 5.97 Å². The third-order valence-corrected chi connectivity index (χ3v) is 7.30. The highest BCUT2D eigenvalue weighted by Crippen LogP contribution is 2.52. The maximum absolute atomic E-state index is 16.0. The Balaban J connectivity index is 1.88. The number of nitrogens with zero attached hydrogens (tertiary/aromatic N) is 2. The van der Waals surface area contributed by atoms with Gasteiger partial charge in [-0.05, 0) is 80.3 Å². The van der Waals surface area contributed by atoms with E-state index in [4.69, 9.17) is 0 Å². The standard InChI is InChI=1S/C26H27F2N3O2/c1-13(2)24-20(15-7-8-26(4,11-15)25(32)33)21-19(10-16-12-29-30-23(16)22(21)28)31(24)17-5-6-18(27)14(3)9-17/h5-6,9-10,12-13,15H,7-8,11H2,1-4H3,(H,29,30)(H,32,33)/t15?,26-/m1/s1. The molecular formula is C26H27F2N3O2. The molecule has 172 valence electrons. The second-order valence-corrected chi connectivity index (χ2v) is 9.95. The number of carbonyl (C=O) groups is 1. The van der Waals surface area contributed by atoms with Crippen molar-refractivity contribution in [2.24, 2.45) is 5.41 Å². The van der Waals surface area contributed by atoms with Crippen molar-refractivity contribution in [3.63, 3.8) is 0 Å². The molecule has 1 saturated carbocycles. The Bertz CT molecular complexity index is 1420. The Kier molecular flexibility index (Phi) is 4.85. The largest absolute Gasteiger partial charge is 0.481 e. The van der Waals surface area contributed by atoms with E-state index in [1.165, 1.54) is 6.07 Å². The van der Waals surface area contributed by atoms with Crippen LogP contribution in [0.15, 0.2) is 30.5 Å². The van der Waals surface area contributed by atoms with Crippen molar-refractivity contribution in [2.75, 3.05) is 0 Å². The average molecular weight is 452 g/mol. The Morgan fingerprint density at radius 3 is 2.70 bits per heavy atom. The molecular weight excluding hydrogens is 424 g/mol. The summed E-state index contributed by atoms with van der Waals surface area (Å²) in [5, 5.41) is 17.8. The molecule has 1 aliphatic carbocycles. The number of aliphatic carboxylic acids is 1. The molecule has 4 aromatic rings. The minimum absolute atomic E-state index is 0.0327. The third kappa shape index (κ3) is 3.16. The van der Waals surface area contributed by atoms with Crippen molar-refractivity contribution in [1.29, 1.82) is 0 Å². The number of aromatic nitrogens is 3. The average Bonchev–Trinajstić information content (AvgIpc) is 3.46. The van der Waals surface area contributed by atoms with Gasteiger partial charge in [-0.25, -0.2) is 8.78 Å². The lowest BCUT2D eigenvalue weighted by molar-refractivity contribution is -0.147. The molecule has 2 heterocycles. The molecule has 5 rings (SSSR count). The van der Waals surface area contributed by atoms with Gasteiger partial charge in [-0.1, -0.05) is 13.8 Å². The van der Waals surface area contributed by atoms with Gasteiger partial charge in [0.25, 0.3) is 0 Å². The number of hydrogen-bond acceptors (Lipinski definition) is 2. The third-order valence-electron chi connectivity index (χ3n) is 7.30. The highest BCUT2D eigenvalue weighted by Gasteiger charge is 2.44. The van der Waals surface area contributed by atoms with Gasteiger partial charge in [-0.3, -0.25) is 9.89 Å². The van der Waals surface area contributed by atoms with E-state index in [9.17, 15) is 14.3 Å². The summed E-state index contributed by atoms with van der Waals surface area (Å²) in [5.41, 5.74) is 3.26. The van der Waals surface area contributed by atoms with E-state index in [2.05, 4.69) is 24.0 Å². The fourth-order valence-electron chi connectivity index (χ4n) is 5.56. The van der Waals surface area contributed by atoms with Crippen LogP contribution in [-0.4, -0.2) is 25.8 Å². The minimum Gasteiger partial charge on any atom is -0.481 e. The van der Waals surface area contributed by atoms with Gasteiger partial charge in [0, 0.05) is 22.2 Å². The molecule has 1 fully saturated rings. The summed E-state index contributed by atoms with van der Waals surface area (Å²) in [5.74, 6) is -1.55. The topological polar surface area (TPSA) is 70.9 Å². The van der Waals surface area contributed by atoms with E-state index in [-0.39, 0.29) is 23.5 Å². The number of H-pyrrole nitrogens is 1. The number of carboxylic acid groups (broad SMARTS) is 1. The fraction of sp³-hybridized carbons (Fsp3) is 0.385. The molecule has 2 aromatic carbocycles. The summed E-state index contributed by atoms with van der Waals surface area (Å²) in [7, 11) is 0. The molecule has 2 atom stereocenters. The Morgan fingerprint density at radius 1 is 1.30 bits per heavy atom. The van der Waals surface area contributed by atoms with Crippen molar-refractivity contribution >= 4 is 27.8 Å². The number of rotatable bonds is 4. The van der Waals surface area contributed by atoms with Crippen LogP contribution in [0.1, 0.15) is 68.7 Å². The number of halogens is 2. The van der Waals surface area contributed by atoms with Crippen LogP contribution in [0.2, 0.25) is 0 Å². The molecule has 5 nitrogen and oxygen atoms in total. The second-order valence-electron chi connectivity index (χ2n) is 9.95. The summed E-state index contributed by atoms with van der Waals surface area (Å²) >= 11 is 0. The molecule has 33 heavy (non-hydrogen) atoms. The van der Waals surface area contributed by atoms with Gasteiger partial charge in [0.2, 0.25) is 0 Å². The van der Waals surface area contributed by atoms with Crippen molar-refractivity contribution < 1.29 is 18.7 Å². The number of benzene rings is 2. The van der Waals surface area contributed by atoms with Crippen molar-refractivity contribution in [2.45, 2.75) is 58.8 Å². The molecule has 0 saturated heterocycles. The van der Waals surface area contributed by atoms with Crippen molar-refractivity contribution in [3.8, 4) is 5.69 Å². The van der Waals surface area contributed by atoms with Crippen LogP contribution in [-0.2, 0) is 4.79 Å². The van der Waals surface area contributed by atoms with Crippen LogP contribution in [0.4, 0.5) is 8.78 Å². The second kappa shape index (κ2) is 7.40. The predicted octanol–water partition coefficient (Wildman–Crippen LogP) is 6.58. The summed E-state index contributed by atoms with van der Waals surface area (Å²) in [4.78, 5) is 12.0. The summed E-state index contributed by atoms with van der Waals surface area (Å²) in [6.07, 6.45) is 3.26. The maximum Gasteiger partial charge on any atom is 0.309 e. The Hall–Kier alpha value is -3.22. The first-order valence-electron chi connectivity index (χ1n) is 11.3. The SMILES string of the molecule is Cc1cc(-n2c(C(C)C)c(C3CC[C@@](C)(C(=O)O)C3)c3c(F)c4[nH]ncc4cc32)ccc1F. The van der Waals surface area contributed by atoms with Crippen LogP contribution in [0.3, 0.4) is 0 Å². The predicted molar refractivity (Wildman–Crippen MR) is 124 cm³/mol. The molecule has 0 bridgehead atoms. The van der Waals surface area contributed by atoms with Gasteiger partial charge in [0.1, 0.15) is 11.3 Å². The molecule has 0 aliphatic heterocycles. The zero-order valence-corrected chi connectivity index (χ0v) is 19.2. The molecule has 1 unspecified atom stereocenters. The quantitative estimate of drug-likeness (QED) is 0.368. The van der Waals surface area contributed by atoms with Gasteiger partial charge in [0.15, 0.2) is 5.82 Å². The first-order chi connectivity index (χ1) is 15.6. The van der Waals surface area contributed by atoms with Crippen LogP contribution in [0, 0.1) is 24.0 Å². The van der Waals surface area contributed by atoms with Crippen molar-refractivity contribution in [1.82, 2.24) is 14.8 Å². The molecule has 2 N–H and O–H groups in total. The van der Waals surface area contributed by atoms with E-state index in [0.717, 1.165) is 16.9 Å². The first-order valence-corrected chi connectivity index (χ1v) is 11.3. The smallest absolute Gasteiger partial charge is 0.309 e. The van der Waals surface area contributed by atoms with Gasteiger partial charge in [-0.2, -0.15) is 5.10 Å². The zero-order chi connectivity index (χ0) is 23.7. The van der Waals surface area contributed by atoms with Crippen LogP contribution in [0.25, 0.3) is 27.5 Å². The number of aryl methyl sites for hydroxylation is 1. The summed E-state index contributed by atoms with van der Waals surface area (Å²) in [6, 6.07) is 6.84. The zero-order valence-electron chi connectivity index (χ0n) is 19.2. The first kappa shape index (κ1) is 21.6.